The van der Waals surface area contributed by atoms with E-state index < -0.39 is 0 Å². The number of carbonyl (C=O) groups is 1. The third-order valence-electron chi connectivity index (χ3n) is 6.10. The summed E-state index contributed by atoms with van der Waals surface area (Å²) in [4.78, 5) is 22.0. The van der Waals surface area contributed by atoms with E-state index in [2.05, 4.69) is 28.0 Å². The lowest BCUT2D eigenvalue weighted by molar-refractivity contribution is 0.0607. The molecule has 1 amide bonds. The van der Waals surface area contributed by atoms with Gasteiger partial charge in [0, 0.05) is 49.9 Å². The van der Waals surface area contributed by atoms with E-state index in [1.807, 2.05) is 60.1 Å². The monoisotopic (exact) mass is 405 g/mol. The molecule has 1 aliphatic heterocycles. The SMILES string of the molecule is CCCN(Cc1cnc2c(c1)c(C)nn2C)C1CCN(C(=O)c2ccccc2)CC1. The highest BCUT2D eigenvalue weighted by molar-refractivity contribution is 5.94. The number of likely N-dealkylation sites (tertiary alicyclic amines) is 1. The van der Waals surface area contributed by atoms with E-state index in [0.717, 1.165) is 67.7 Å². The van der Waals surface area contributed by atoms with Gasteiger partial charge >= 0.3 is 0 Å². The third kappa shape index (κ3) is 4.24. The molecule has 0 radical (unpaired) electrons. The summed E-state index contributed by atoms with van der Waals surface area (Å²) in [7, 11) is 1.94. The molecule has 0 atom stereocenters. The van der Waals surface area contributed by atoms with Gasteiger partial charge in [0.1, 0.15) is 0 Å². The van der Waals surface area contributed by atoms with Crippen LogP contribution in [0.25, 0.3) is 11.0 Å². The van der Waals surface area contributed by atoms with Gasteiger partial charge in [0.05, 0.1) is 5.69 Å². The first-order valence-electron chi connectivity index (χ1n) is 10.9. The van der Waals surface area contributed by atoms with Crippen molar-refractivity contribution in [1.82, 2.24) is 24.6 Å². The summed E-state index contributed by atoms with van der Waals surface area (Å²) in [5.41, 5.74) is 3.98. The second kappa shape index (κ2) is 8.96. The standard InChI is InChI=1S/C24H31N5O/c1-4-12-29(17-19-15-22-18(2)26-27(3)23(22)25-16-19)21-10-13-28(14-11-21)24(30)20-8-6-5-7-9-20/h5-9,15-16,21H,4,10-14,17H2,1-3H3. The Kier molecular flexibility index (Phi) is 6.13. The van der Waals surface area contributed by atoms with Crippen molar-refractivity contribution in [2.24, 2.45) is 7.05 Å². The number of benzene rings is 1. The number of aryl methyl sites for hydroxylation is 2. The minimum absolute atomic E-state index is 0.151. The molecule has 30 heavy (non-hydrogen) atoms. The van der Waals surface area contributed by atoms with Crippen LogP contribution in [-0.4, -0.2) is 56.1 Å². The van der Waals surface area contributed by atoms with E-state index >= 15 is 0 Å². The highest BCUT2D eigenvalue weighted by atomic mass is 16.2. The molecule has 158 valence electrons. The van der Waals surface area contributed by atoms with Gasteiger partial charge in [-0.1, -0.05) is 25.1 Å². The fourth-order valence-corrected chi connectivity index (χ4v) is 4.55. The molecule has 6 nitrogen and oxygen atoms in total. The largest absolute Gasteiger partial charge is 0.339 e. The van der Waals surface area contributed by atoms with Crippen LogP contribution >= 0.6 is 0 Å². The maximum Gasteiger partial charge on any atom is 0.253 e. The summed E-state index contributed by atoms with van der Waals surface area (Å²) in [6, 6.07) is 12.3. The topological polar surface area (TPSA) is 54.3 Å². The van der Waals surface area contributed by atoms with Crippen molar-refractivity contribution < 1.29 is 4.79 Å². The van der Waals surface area contributed by atoms with Crippen molar-refractivity contribution in [2.45, 2.75) is 45.7 Å². The number of pyridine rings is 1. The molecule has 0 saturated carbocycles. The Morgan fingerprint density at radius 1 is 1.20 bits per heavy atom. The normalized spacial score (nSPS) is 15.3. The molecular weight excluding hydrogens is 374 g/mol. The predicted octanol–water partition coefficient (Wildman–Crippen LogP) is 3.79. The second-order valence-corrected chi connectivity index (χ2v) is 8.28. The smallest absolute Gasteiger partial charge is 0.253 e. The number of rotatable bonds is 6. The van der Waals surface area contributed by atoms with Gasteiger partial charge in [0.2, 0.25) is 0 Å². The van der Waals surface area contributed by atoms with Crippen LogP contribution in [0.5, 0.6) is 0 Å². The summed E-state index contributed by atoms with van der Waals surface area (Å²) in [6.07, 6.45) is 5.13. The lowest BCUT2D eigenvalue weighted by Gasteiger charge is -2.38. The Bertz CT molecular complexity index is 1010. The summed E-state index contributed by atoms with van der Waals surface area (Å²) in [5, 5.41) is 5.62. The second-order valence-electron chi connectivity index (χ2n) is 8.28. The molecule has 1 fully saturated rings. The zero-order valence-electron chi connectivity index (χ0n) is 18.2. The molecule has 4 rings (SSSR count). The Hall–Kier alpha value is -2.73. The minimum atomic E-state index is 0.151. The van der Waals surface area contributed by atoms with Gasteiger partial charge in [0.25, 0.3) is 5.91 Å². The van der Waals surface area contributed by atoms with Crippen molar-refractivity contribution >= 4 is 16.9 Å². The summed E-state index contributed by atoms with van der Waals surface area (Å²) >= 11 is 0. The first-order valence-corrected chi connectivity index (χ1v) is 10.9. The molecule has 0 aliphatic carbocycles. The van der Waals surface area contributed by atoms with Crippen molar-refractivity contribution in [3.63, 3.8) is 0 Å². The molecule has 6 heteroatoms. The Morgan fingerprint density at radius 2 is 1.93 bits per heavy atom. The molecule has 1 aromatic carbocycles. The van der Waals surface area contributed by atoms with Crippen LogP contribution < -0.4 is 0 Å². The fraction of sp³-hybridized carbons (Fsp3) is 0.458. The zero-order valence-corrected chi connectivity index (χ0v) is 18.2. The molecule has 2 aromatic heterocycles. The number of aromatic nitrogens is 3. The van der Waals surface area contributed by atoms with Gasteiger partial charge in [-0.2, -0.15) is 5.10 Å². The number of fused-ring (bicyclic) bond motifs is 1. The van der Waals surface area contributed by atoms with E-state index in [1.54, 1.807) is 0 Å². The number of amides is 1. The van der Waals surface area contributed by atoms with E-state index in [1.165, 1.54) is 5.56 Å². The fourth-order valence-electron chi connectivity index (χ4n) is 4.55. The molecule has 0 unspecified atom stereocenters. The Balaban J connectivity index is 1.43. The molecule has 0 spiro atoms. The Labute approximate surface area is 178 Å². The minimum Gasteiger partial charge on any atom is -0.339 e. The van der Waals surface area contributed by atoms with Gasteiger partial charge in [0.15, 0.2) is 5.65 Å². The highest BCUT2D eigenvalue weighted by Gasteiger charge is 2.27. The highest BCUT2D eigenvalue weighted by Crippen LogP contribution is 2.23. The molecule has 0 N–H and O–H groups in total. The maximum absolute atomic E-state index is 12.7. The first-order chi connectivity index (χ1) is 14.6. The van der Waals surface area contributed by atoms with Gasteiger partial charge in [-0.25, -0.2) is 4.98 Å². The predicted molar refractivity (Wildman–Crippen MR) is 119 cm³/mol. The number of carbonyl (C=O) groups excluding carboxylic acids is 1. The third-order valence-corrected chi connectivity index (χ3v) is 6.10. The molecule has 3 aromatic rings. The van der Waals surface area contributed by atoms with Crippen LogP contribution in [0.4, 0.5) is 0 Å². The number of hydrogen-bond donors (Lipinski definition) is 0. The van der Waals surface area contributed by atoms with Gasteiger partial charge in [-0.05, 0) is 56.5 Å². The summed E-state index contributed by atoms with van der Waals surface area (Å²) in [6.45, 7) is 7.85. The summed E-state index contributed by atoms with van der Waals surface area (Å²) in [5.74, 6) is 0.151. The molecule has 1 aliphatic rings. The quantitative estimate of drug-likeness (QED) is 0.626. The lowest BCUT2D eigenvalue weighted by atomic mass is 10.0. The van der Waals surface area contributed by atoms with Crippen molar-refractivity contribution in [3.8, 4) is 0 Å². The van der Waals surface area contributed by atoms with E-state index in [-0.39, 0.29) is 5.91 Å². The molecule has 0 bridgehead atoms. The van der Waals surface area contributed by atoms with Gasteiger partial charge in [-0.3, -0.25) is 14.4 Å². The van der Waals surface area contributed by atoms with Crippen molar-refractivity contribution in [2.75, 3.05) is 19.6 Å². The van der Waals surface area contributed by atoms with E-state index in [9.17, 15) is 4.79 Å². The average molecular weight is 406 g/mol. The van der Waals surface area contributed by atoms with Crippen LogP contribution in [-0.2, 0) is 13.6 Å². The van der Waals surface area contributed by atoms with Gasteiger partial charge < -0.3 is 4.90 Å². The average Bonchev–Trinajstić information content (AvgIpc) is 3.06. The maximum atomic E-state index is 12.7. The number of hydrogen-bond acceptors (Lipinski definition) is 4. The first kappa shape index (κ1) is 20.5. The van der Waals surface area contributed by atoms with Crippen molar-refractivity contribution in [3.05, 3.63) is 59.4 Å². The van der Waals surface area contributed by atoms with E-state index in [4.69, 9.17) is 0 Å². The van der Waals surface area contributed by atoms with Crippen LogP contribution in [0.15, 0.2) is 42.6 Å². The lowest BCUT2D eigenvalue weighted by Crippen LogP contribution is -2.46. The van der Waals surface area contributed by atoms with Gasteiger partial charge in [-0.15, -0.1) is 0 Å². The zero-order chi connectivity index (χ0) is 21.1. The number of nitrogens with zero attached hydrogens (tertiary/aromatic N) is 5. The van der Waals surface area contributed by atoms with Crippen LogP contribution in [0, 0.1) is 6.92 Å². The number of piperidine rings is 1. The van der Waals surface area contributed by atoms with Crippen LogP contribution in [0.2, 0.25) is 0 Å². The van der Waals surface area contributed by atoms with E-state index in [0.29, 0.717) is 6.04 Å². The summed E-state index contributed by atoms with van der Waals surface area (Å²) < 4.78 is 1.84. The molecular formula is C24H31N5O. The Morgan fingerprint density at radius 3 is 2.63 bits per heavy atom. The molecule has 1 saturated heterocycles. The molecule has 3 heterocycles. The van der Waals surface area contributed by atoms with Crippen LogP contribution in [0.3, 0.4) is 0 Å². The van der Waals surface area contributed by atoms with Crippen molar-refractivity contribution in [1.29, 1.82) is 0 Å². The van der Waals surface area contributed by atoms with Crippen LogP contribution in [0.1, 0.15) is 47.8 Å².